The Kier molecular flexibility index (Phi) is 4.43. The topological polar surface area (TPSA) is 61.0 Å². The van der Waals surface area contributed by atoms with E-state index in [4.69, 9.17) is 14.8 Å². The molecule has 0 atom stereocenters. The summed E-state index contributed by atoms with van der Waals surface area (Å²) in [5.74, 6) is 0.977. The Morgan fingerprint density at radius 3 is 2.56 bits per heavy atom. The molecule has 7 heteroatoms. The predicted octanol–water partition coefficient (Wildman–Crippen LogP) is 4.12. The van der Waals surface area contributed by atoms with Crippen LogP contribution in [0.2, 0.25) is 0 Å². The molecule has 0 radical (unpaired) electrons. The van der Waals surface area contributed by atoms with Gasteiger partial charge in [-0.3, -0.25) is 4.68 Å². The molecule has 0 N–H and O–H groups in total. The molecule has 5 aromatic rings. The molecule has 1 aliphatic heterocycles. The van der Waals surface area contributed by atoms with E-state index in [2.05, 4.69) is 59.5 Å². The molecule has 3 aromatic heterocycles. The fourth-order valence-electron chi connectivity index (χ4n) is 4.57. The Hall–Kier alpha value is -3.71. The second kappa shape index (κ2) is 7.46. The van der Waals surface area contributed by atoms with Crippen molar-refractivity contribution in [3.63, 3.8) is 0 Å². The summed E-state index contributed by atoms with van der Waals surface area (Å²) in [7, 11) is 1.95. The summed E-state index contributed by atoms with van der Waals surface area (Å²) in [6.07, 6.45) is 3.97. The molecule has 0 spiro atoms. The Morgan fingerprint density at radius 1 is 0.906 bits per heavy atom. The van der Waals surface area contributed by atoms with Gasteiger partial charge in [-0.05, 0) is 30.7 Å². The van der Waals surface area contributed by atoms with Crippen LogP contribution in [-0.4, -0.2) is 50.8 Å². The first-order valence-corrected chi connectivity index (χ1v) is 10.9. The van der Waals surface area contributed by atoms with Gasteiger partial charge in [0.1, 0.15) is 11.5 Å². The molecular formula is C25H24N6O. The molecular weight excluding hydrogens is 400 g/mol. The molecule has 0 bridgehead atoms. The van der Waals surface area contributed by atoms with E-state index in [1.165, 1.54) is 5.56 Å². The Labute approximate surface area is 185 Å². The number of ether oxygens (including phenoxy) is 1. The first-order chi connectivity index (χ1) is 15.7. The zero-order valence-electron chi connectivity index (χ0n) is 18.2. The lowest BCUT2D eigenvalue weighted by Crippen LogP contribution is -2.36. The minimum Gasteiger partial charge on any atom is -0.378 e. The number of pyridine rings is 1. The van der Waals surface area contributed by atoms with Gasteiger partial charge in [-0.2, -0.15) is 10.2 Å². The Morgan fingerprint density at radius 2 is 1.75 bits per heavy atom. The number of nitrogens with zero attached hydrogens (tertiary/aromatic N) is 6. The highest BCUT2D eigenvalue weighted by molar-refractivity contribution is 6.03. The molecule has 2 aromatic carbocycles. The standard InChI is InChI=1S/C25H24N6O/c1-17-5-3-7-20-24(19-6-4-8-22-21(19)16-29(2)27-22)28-31(25(17)20)18-9-10-23(26-15-18)30-11-13-32-14-12-30/h3-10,15-16H,11-14H2,1-2H3. The molecule has 32 heavy (non-hydrogen) atoms. The molecule has 0 saturated carbocycles. The fourth-order valence-corrected chi connectivity index (χ4v) is 4.57. The maximum absolute atomic E-state index is 5.46. The zero-order valence-corrected chi connectivity index (χ0v) is 18.2. The number of benzene rings is 2. The van der Waals surface area contributed by atoms with Gasteiger partial charge in [0, 0.05) is 42.7 Å². The van der Waals surface area contributed by atoms with Gasteiger partial charge in [-0.15, -0.1) is 0 Å². The third kappa shape index (κ3) is 3.05. The normalized spacial score (nSPS) is 14.5. The number of fused-ring (bicyclic) bond motifs is 2. The van der Waals surface area contributed by atoms with E-state index in [9.17, 15) is 0 Å². The number of hydrogen-bond acceptors (Lipinski definition) is 5. The van der Waals surface area contributed by atoms with Crippen LogP contribution in [-0.2, 0) is 11.8 Å². The summed E-state index contributed by atoms with van der Waals surface area (Å²) < 4.78 is 9.34. The lowest BCUT2D eigenvalue weighted by atomic mass is 10.0. The molecule has 0 aliphatic carbocycles. The van der Waals surface area contributed by atoms with Crippen molar-refractivity contribution in [1.29, 1.82) is 0 Å². The minimum absolute atomic E-state index is 0.746. The maximum Gasteiger partial charge on any atom is 0.128 e. The first-order valence-electron chi connectivity index (χ1n) is 10.9. The summed E-state index contributed by atoms with van der Waals surface area (Å²) in [6, 6.07) is 16.8. The van der Waals surface area contributed by atoms with Gasteiger partial charge in [-0.1, -0.05) is 30.3 Å². The Bertz CT molecular complexity index is 1430. The highest BCUT2D eigenvalue weighted by Gasteiger charge is 2.19. The first kappa shape index (κ1) is 19.0. The number of aromatic nitrogens is 5. The van der Waals surface area contributed by atoms with E-state index in [1.54, 1.807) is 0 Å². The third-order valence-electron chi connectivity index (χ3n) is 6.14. The van der Waals surface area contributed by atoms with Crippen LogP contribution in [0.4, 0.5) is 5.82 Å². The van der Waals surface area contributed by atoms with Crippen molar-refractivity contribution in [3.05, 3.63) is 66.5 Å². The number of para-hydroxylation sites is 1. The number of hydrogen-bond donors (Lipinski definition) is 0. The summed E-state index contributed by atoms with van der Waals surface area (Å²) in [6.45, 7) is 5.36. The van der Waals surface area contributed by atoms with Crippen molar-refractivity contribution < 1.29 is 4.74 Å². The molecule has 6 rings (SSSR count). The van der Waals surface area contributed by atoms with Gasteiger partial charge < -0.3 is 9.64 Å². The predicted molar refractivity (Wildman–Crippen MR) is 126 cm³/mol. The van der Waals surface area contributed by atoms with Gasteiger partial charge >= 0.3 is 0 Å². The van der Waals surface area contributed by atoms with E-state index in [1.807, 2.05) is 34.7 Å². The molecule has 0 unspecified atom stereocenters. The maximum atomic E-state index is 5.46. The van der Waals surface area contributed by atoms with Crippen LogP contribution in [0.5, 0.6) is 0 Å². The molecule has 0 amide bonds. The molecule has 160 valence electrons. The monoisotopic (exact) mass is 424 g/mol. The van der Waals surface area contributed by atoms with Crippen molar-refractivity contribution in [3.8, 4) is 16.9 Å². The molecule has 1 saturated heterocycles. The van der Waals surface area contributed by atoms with Crippen LogP contribution in [0.3, 0.4) is 0 Å². The van der Waals surface area contributed by atoms with Crippen molar-refractivity contribution in [2.24, 2.45) is 7.05 Å². The van der Waals surface area contributed by atoms with E-state index < -0.39 is 0 Å². The van der Waals surface area contributed by atoms with Gasteiger partial charge in [0.25, 0.3) is 0 Å². The lowest BCUT2D eigenvalue weighted by molar-refractivity contribution is 0.122. The zero-order chi connectivity index (χ0) is 21.7. The van der Waals surface area contributed by atoms with Crippen molar-refractivity contribution in [1.82, 2.24) is 24.5 Å². The number of rotatable bonds is 3. The average molecular weight is 425 g/mol. The van der Waals surface area contributed by atoms with Crippen LogP contribution in [0, 0.1) is 6.92 Å². The quantitative estimate of drug-likeness (QED) is 0.436. The number of aryl methyl sites for hydroxylation is 2. The number of anilines is 1. The minimum atomic E-state index is 0.746. The summed E-state index contributed by atoms with van der Waals surface area (Å²) in [4.78, 5) is 7.00. The second-order valence-corrected chi connectivity index (χ2v) is 8.25. The van der Waals surface area contributed by atoms with Gasteiger partial charge in [0.15, 0.2) is 0 Å². The van der Waals surface area contributed by atoms with Crippen molar-refractivity contribution in [2.45, 2.75) is 6.92 Å². The smallest absolute Gasteiger partial charge is 0.128 e. The SMILES string of the molecule is Cc1cccc2c(-c3cccc4nn(C)cc34)nn(-c3ccc(N4CCOCC4)nc3)c12. The third-order valence-corrected chi connectivity index (χ3v) is 6.14. The summed E-state index contributed by atoms with van der Waals surface area (Å²) in [5, 5.41) is 11.9. The summed E-state index contributed by atoms with van der Waals surface area (Å²) in [5.41, 5.74) is 6.24. The molecule has 1 aliphatic rings. The molecule has 4 heterocycles. The highest BCUT2D eigenvalue weighted by atomic mass is 16.5. The van der Waals surface area contributed by atoms with Gasteiger partial charge in [0.2, 0.25) is 0 Å². The van der Waals surface area contributed by atoms with Gasteiger partial charge in [-0.25, -0.2) is 9.67 Å². The van der Waals surface area contributed by atoms with Crippen LogP contribution in [0.25, 0.3) is 38.8 Å². The van der Waals surface area contributed by atoms with E-state index in [0.717, 1.165) is 70.9 Å². The fraction of sp³-hybridized carbons (Fsp3) is 0.240. The van der Waals surface area contributed by atoms with Gasteiger partial charge in [0.05, 0.1) is 36.1 Å². The Balaban J connectivity index is 1.51. The van der Waals surface area contributed by atoms with E-state index in [0.29, 0.717) is 0 Å². The van der Waals surface area contributed by atoms with Crippen LogP contribution in [0.15, 0.2) is 60.9 Å². The molecule has 7 nitrogen and oxygen atoms in total. The van der Waals surface area contributed by atoms with E-state index in [-0.39, 0.29) is 0 Å². The van der Waals surface area contributed by atoms with Crippen LogP contribution < -0.4 is 4.90 Å². The molecule has 1 fully saturated rings. The van der Waals surface area contributed by atoms with Crippen LogP contribution >= 0.6 is 0 Å². The van der Waals surface area contributed by atoms with E-state index >= 15 is 0 Å². The lowest BCUT2D eigenvalue weighted by Gasteiger charge is -2.27. The second-order valence-electron chi connectivity index (χ2n) is 8.25. The van der Waals surface area contributed by atoms with Crippen molar-refractivity contribution in [2.75, 3.05) is 31.2 Å². The van der Waals surface area contributed by atoms with Crippen molar-refractivity contribution >= 4 is 27.6 Å². The largest absolute Gasteiger partial charge is 0.378 e. The highest BCUT2D eigenvalue weighted by Crippen LogP contribution is 2.35. The number of morpholine rings is 1. The average Bonchev–Trinajstić information content (AvgIpc) is 3.40. The summed E-state index contributed by atoms with van der Waals surface area (Å²) >= 11 is 0. The van der Waals surface area contributed by atoms with Crippen LogP contribution in [0.1, 0.15) is 5.56 Å².